The Morgan fingerprint density at radius 3 is 2.68 bits per heavy atom. The Morgan fingerprint density at radius 2 is 2.05 bits per heavy atom. The Hall–Kier alpha value is -2.28. The zero-order chi connectivity index (χ0) is 16.1. The molecule has 1 atom stereocenters. The Bertz CT molecular complexity index is 623. The fourth-order valence-corrected chi connectivity index (χ4v) is 1.95. The average molecular weight is 305 g/mol. The third-order valence-electron chi connectivity index (χ3n) is 3.34. The summed E-state index contributed by atoms with van der Waals surface area (Å²) in [7, 11) is 3.87. The summed E-state index contributed by atoms with van der Waals surface area (Å²) in [5, 5.41) is 10.7. The number of hydrogen-bond acceptors (Lipinski definition) is 4. The molecule has 6 nitrogen and oxygen atoms in total. The van der Waals surface area contributed by atoms with Crippen LogP contribution in [0.2, 0.25) is 0 Å². The Labute approximate surface area is 128 Å². The molecule has 0 fully saturated rings. The summed E-state index contributed by atoms with van der Waals surface area (Å²) in [6, 6.07) is 6.06. The molecular formula is C15H20FN5O. The van der Waals surface area contributed by atoms with Crippen molar-refractivity contribution in [1.82, 2.24) is 25.2 Å². The smallest absolute Gasteiger partial charge is 0.273 e. The van der Waals surface area contributed by atoms with Crippen molar-refractivity contribution in [3.63, 3.8) is 0 Å². The maximum Gasteiger partial charge on any atom is 0.273 e. The molecule has 22 heavy (non-hydrogen) atoms. The van der Waals surface area contributed by atoms with Gasteiger partial charge in [-0.05, 0) is 38.7 Å². The molecule has 0 unspecified atom stereocenters. The minimum Gasteiger partial charge on any atom is -0.349 e. The van der Waals surface area contributed by atoms with Crippen LogP contribution >= 0.6 is 0 Å². The van der Waals surface area contributed by atoms with Gasteiger partial charge >= 0.3 is 0 Å². The van der Waals surface area contributed by atoms with Crippen molar-refractivity contribution >= 4 is 5.91 Å². The van der Waals surface area contributed by atoms with E-state index in [1.807, 2.05) is 25.9 Å². The van der Waals surface area contributed by atoms with E-state index in [0.717, 1.165) is 12.1 Å². The molecule has 0 aliphatic heterocycles. The molecule has 0 spiro atoms. The number of hydrogen-bond donors (Lipinski definition) is 1. The molecule has 1 N–H and O–H groups in total. The summed E-state index contributed by atoms with van der Waals surface area (Å²) in [4.78, 5) is 13.9. The molecule has 118 valence electrons. The van der Waals surface area contributed by atoms with Gasteiger partial charge in [0.2, 0.25) is 0 Å². The van der Waals surface area contributed by atoms with Crippen molar-refractivity contribution in [2.75, 3.05) is 27.2 Å². The lowest BCUT2D eigenvalue weighted by atomic mass is 10.1. The number of nitrogens with one attached hydrogen (secondary N) is 1. The van der Waals surface area contributed by atoms with Gasteiger partial charge < -0.3 is 10.2 Å². The second kappa shape index (κ2) is 7.13. The predicted octanol–water partition coefficient (Wildman–Crippen LogP) is 1.32. The van der Waals surface area contributed by atoms with E-state index in [0.29, 0.717) is 6.54 Å². The number of carbonyl (C=O) groups excluding carboxylic acids is 1. The summed E-state index contributed by atoms with van der Waals surface area (Å²) < 4.78 is 14.5. The highest BCUT2D eigenvalue weighted by Gasteiger charge is 2.14. The van der Waals surface area contributed by atoms with Crippen LogP contribution in [0.1, 0.15) is 29.0 Å². The first kappa shape index (κ1) is 16.1. The predicted molar refractivity (Wildman–Crippen MR) is 81.1 cm³/mol. The van der Waals surface area contributed by atoms with Crippen molar-refractivity contribution in [2.24, 2.45) is 0 Å². The number of carbonyl (C=O) groups is 1. The summed E-state index contributed by atoms with van der Waals surface area (Å²) in [6.45, 7) is 3.22. The zero-order valence-electron chi connectivity index (χ0n) is 13.0. The molecule has 7 heteroatoms. The van der Waals surface area contributed by atoms with Crippen LogP contribution in [0.25, 0.3) is 0 Å². The van der Waals surface area contributed by atoms with Crippen molar-refractivity contribution in [3.05, 3.63) is 47.5 Å². The molecule has 1 aromatic carbocycles. The van der Waals surface area contributed by atoms with Gasteiger partial charge in [0.25, 0.3) is 5.91 Å². The van der Waals surface area contributed by atoms with Gasteiger partial charge in [-0.3, -0.25) is 4.79 Å². The van der Waals surface area contributed by atoms with Gasteiger partial charge in [0.1, 0.15) is 5.82 Å². The van der Waals surface area contributed by atoms with Gasteiger partial charge in [0.15, 0.2) is 5.69 Å². The van der Waals surface area contributed by atoms with E-state index in [4.69, 9.17) is 0 Å². The Balaban J connectivity index is 2.01. The molecule has 1 aromatic heterocycles. The lowest BCUT2D eigenvalue weighted by molar-refractivity contribution is 0.0946. The maximum atomic E-state index is 12.9. The summed E-state index contributed by atoms with van der Waals surface area (Å²) >= 11 is 0. The first-order valence-corrected chi connectivity index (χ1v) is 7.07. The number of halogens is 1. The molecular weight excluding hydrogens is 285 g/mol. The van der Waals surface area contributed by atoms with E-state index in [2.05, 4.69) is 15.6 Å². The minimum absolute atomic E-state index is 0.128. The third kappa shape index (κ3) is 4.11. The fourth-order valence-electron chi connectivity index (χ4n) is 1.95. The minimum atomic E-state index is -0.282. The SMILES string of the molecule is C[C@@H](c1ccc(F)cc1)n1cc(C(=O)NCCN(C)C)nn1. The van der Waals surface area contributed by atoms with Crippen molar-refractivity contribution in [1.29, 1.82) is 0 Å². The summed E-state index contributed by atoms with van der Waals surface area (Å²) in [5.41, 5.74) is 1.17. The van der Waals surface area contributed by atoms with Crippen LogP contribution in [-0.4, -0.2) is 53.0 Å². The Morgan fingerprint density at radius 1 is 1.36 bits per heavy atom. The monoisotopic (exact) mass is 305 g/mol. The number of benzene rings is 1. The van der Waals surface area contributed by atoms with Crippen LogP contribution in [0.5, 0.6) is 0 Å². The summed E-state index contributed by atoms with van der Waals surface area (Å²) in [5.74, 6) is -0.532. The number of nitrogens with zero attached hydrogens (tertiary/aromatic N) is 4. The van der Waals surface area contributed by atoms with E-state index in [9.17, 15) is 9.18 Å². The van der Waals surface area contributed by atoms with Crippen LogP contribution in [0.4, 0.5) is 4.39 Å². The van der Waals surface area contributed by atoms with E-state index in [1.54, 1.807) is 23.0 Å². The van der Waals surface area contributed by atoms with Gasteiger partial charge in [0.05, 0.1) is 12.2 Å². The topological polar surface area (TPSA) is 63.1 Å². The molecule has 1 heterocycles. The number of rotatable bonds is 6. The van der Waals surface area contributed by atoms with Crippen LogP contribution in [-0.2, 0) is 0 Å². The molecule has 1 amide bonds. The second-order valence-corrected chi connectivity index (χ2v) is 5.37. The van der Waals surface area contributed by atoms with Crippen molar-refractivity contribution in [2.45, 2.75) is 13.0 Å². The molecule has 0 saturated carbocycles. The van der Waals surface area contributed by atoms with Crippen LogP contribution in [0.15, 0.2) is 30.5 Å². The highest BCUT2D eigenvalue weighted by molar-refractivity contribution is 5.91. The standard InChI is InChI=1S/C15H20FN5O/c1-11(12-4-6-13(16)7-5-12)21-10-14(18-19-21)15(22)17-8-9-20(2)3/h4-7,10-11H,8-9H2,1-3H3,(H,17,22)/t11-/m0/s1. The third-order valence-corrected chi connectivity index (χ3v) is 3.34. The van der Waals surface area contributed by atoms with Crippen LogP contribution < -0.4 is 5.32 Å². The van der Waals surface area contributed by atoms with Gasteiger partial charge in [-0.25, -0.2) is 9.07 Å². The number of amides is 1. The van der Waals surface area contributed by atoms with Gasteiger partial charge in [0, 0.05) is 13.1 Å². The van der Waals surface area contributed by atoms with Gasteiger partial charge in [-0.2, -0.15) is 0 Å². The lowest BCUT2D eigenvalue weighted by Gasteiger charge is -2.11. The van der Waals surface area contributed by atoms with Crippen LogP contribution in [0, 0.1) is 5.82 Å². The van der Waals surface area contributed by atoms with Crippen molar-refractivity contribution < 1.29 is 9.18 Å². The Kier molecular flexibility index (Phi) is 5.21. The van der Waals surface area contributed by atoms with E-state index in [1.165, 1.54) is 12.1 Å². The van der Waals surface area contributed by atoms with Crippen LogP contribution in [0.3, 0.4) is 0 Å². The number of aromatic nitrogens is 3. The molecule has 0 saturated heterocycles. The lowest BCUT2D eigenvalue weighted by Crippen LogP contribution is -2.31. The second-order valence-electron chi connectivity index (χ2n) is 5.37. The van der Waals surface area contributed by atoms with Gasteiger partial charge in [-0.15, -0.1) is 5.10 Å². The molecule has 0 aliphatic carbocycles. The summed E-state index contributed by atoms with van der Waals surface area (Å²) in [6.07, 6.45) is 1.60. The maximum absolute atomic E-state index is 12.9. The number of likely N-dealkylation sites (N-methyl/N-ethyl adjacent to an activating group) is 1. The van der Waals surface area contributed by atoms with E-state index in [-0.39, 0.29) is 23.5 Å². The first-order valence-electron chi connectivity index (χ1n) is 7.07. The largest absolute Gasteiger partial charge is 0.349 e. The first-order chi connectivity index (χ1) is 10.5. The normalized spacial score (nSPS) is 12.4. The zero-order valence-corrected chi connectivity index (χ0v) is 13.0. The molecule has 0 aliphatic rings. The van der Waals surface area contributed by atoms with E-state index < -0.39 is 0 Å². The highest BCUT2D eigenvalue weighted by Crippen LogP contribution is 2.17. The quantitative estimate of drug-likeness (QED) is 0.874. The highest BCUT2D eigenvalue weighted by atomic mass is 19.1. The van der Waals surface area contributed by atoms with Gasteiger partial charge in [-0.1, -0.05) is 17.3 Å². The van der Waals surface area contributed by atoms with Crippen molar-refractivity contribution in [3.8, 4) is 0 Å². The van der Waals surface area contributed by atoms with E-state index >= 15 is 0 Å². The molecule has 0 radical (unpaired) electrons. The molecule has 2 rings (SSSR count). The molecule has 2 aromatic rings. The molecule has 0 bridgehead atoms. The fraction of sp³-hybridized carbons (Fsp3) is 0.400. The average Bonchev–Trinajstić information content (AvgIpc) is 2.96.